The highest BCUT2D eigenvalue weighted by atomic mass is 32.2. The Morgan fingerprint density at radius 3 is 2.54 bits per heavy atom. The van der Waals surface area contributed by atoms with Crippen LogP contribution in [-0.2, 0) is 6.18 Å². The van der Waals surface area contributed by atoms with Crippen LogP contribution >= 0.6 is 23.1 Å². The van der Waals surface area contributed by atoms with Gasteiger partial charge in [-0.3, -0.25) is 4.99 Å². The Morgan fingerprint density at radius 2 is 1.89 bits per heavy atom. The molecule has 28 heavy (non-hydrogen) atoms. The highest BCUT2D eigenvalue weighted by Gasteiger charge is 2.30. The molecule has 0 bridgehead atoms. The van der Waals surface area contributed by atoms with Crippen LogP contribution in [0.3, 0.4) is 0 Å². The minimum absolute atomic E-state index is 0.443. The Labute approximate surface area is 169 Å². The third-order valence-electron chi connectivity index (χ3n) is 3.90. The number of thioether (sulfide) groups is 1. The van der Waals surface area contributed by atoms with Gasteiger partial charge in [-0.25, -0.2) is 4.68 Å². The van der Waals surface area contributed by atoms with E-state index in [-0.39, 0.29) is 0 Å². The average molecular weight is 422 g/mol. The van der Waals surface area contributed by atoms with Gasteiger partial charge in [-0.2, -0.15) is 18.3 Å². The smallest absolute Gasteiger partial charge is 0.258 e. The van der Waals surface area contributed by atoms with Gasteiger partial charge in [0.25, 0.3) is 0 Å². The first-order valence-electron chi connectivity index (χ1n) is 8.49. The molecule has 8 heteroatoms. The highest BCUT2D eigenvalue weighted by molar-refractivity contribution is 7.98. The van der Waals surface area contributed by atoms with Gasteiger partial charge in [0.15, 0.2) is 0 Å². The van der Waals surface area contributed by atoms with Crippen molar-refractivity contribution in [2.24, 2.45) is 10.1 Å². The molecule has 3 nitrogen and oxygen atoms in total. The van der Waals surface area contributed by atoms with Gasteiger partial charge < -0.3 is 0 Å². The summed E-state index contributed by atoms with van der Waals surface area (Å²) in [6.07, 6.45) is -0.706. The Balaban J connectivity index is 2.04. The third kappa shape index (κ3) is 4.74. The van der Waals surface area contributed by atoms with Crippen molar-refractivity contribution in [2.45, 2.75) is 18.0 Å². The molecule has 0 amide bonds. The van der Waals surface area contributed by atoms with E-state index in [0.29, 0.717) is 22.6 Å². The minimum Gasteiger partial charge on any atom is -0.258 e. The molecule has 146 valence electrons. The summed E-state index contributed by atoms with van der Waals surface area (Å²) in [7, 11) is 0. The van der Waals surface area contributed by atoms with Gasteiger partial charge >= 0.3 is 6.18 Å². The zero-order valence-electron chi connectivity index (χ0n) is 15.3. The van der Waals surface area contributed by atoms with E-state index >= 15 is 0 Å². The fourth-order valence-corrected chi connectivity index (χ4v) is 3.83. The standard InChI is InChI=1S/C20H18F3N3S2/c1-3-24-19-26(25-12-14-7-9-17(27-2)10-8-14)18(13-28-19)15-5-4-6-16(11-15)20(21,22)23/h4-13H,3H2,1-2H3. The van der Waals surface area contributed by atoms with Gasteiger partial charge in [0.05, 0.1) is 17.5 Å². The van der Waals surface area contributed by atoms with Crippen molar-refractivity contribution in [2.75, 3.05) is 12.8 Å². The summed E-state index contributed by atoms with van der Waals surface area (Å²) in [5.74, 6) is 0. The van der Waals surface area contributed by atoms with Crippen LogP contribution in [0.2, 0.25) is 0 Å². The summed E-state index contributed by atoms with van der Waals surface area (Å²) in [6.45, 7) is 2.46. The monoisotopic (exact) mass is 421 g/mol. The minimum atomic E-state index is -4.39. The maximum Gasteiger partial charge on any atom is 0.416 e. The number of hydrogen-bond acceptors (Lipinski definition) is 4. The van der Waals surface area contributed by atoms with E-state index in [1.165, 1.54) is 17.4 Å². The lowest BCUT2D eigenvalue weighted by molar-refractivity contribution is -0.137. The number of thiazole rings is 1. The lowest BCUT2D eigenvalue weighted by atomic mass is 10.1. The van der Waals surface area contributed by atoms with Crippen LogP contribution in [0.4, 0.5) is 13.2 Å². The maximum absolute atomic E-state index is 13.1. The summed E-state index contributed by atoms with van der Waals surface area (Å²) in [5.41, 5.74) is 1.22. The molecule has 1 heterocycles. The largest absolute Gasteiger partial charge is 0.416 e. The van der Waals surface area contributed by atoms with Crippen LogP contribution < -0.4 is 4.80 Å². The molecule has 1 aromatic heterocycles. The second-order valence-electron chi connectivity index (χ2n) is 5.79. The molecule has 0 N–H and O–H groups in total. The van der Waals surface area contributed by atoms with Gasteiger partial charge in [0.2, 0.25) is 4.80 Å². The number of rotatable bonds is 5. The summed E-state index contributed by atoms with van der Waals surface area (Å²) in [4.78, 5) is 6.18. The normalized spacial score (nSPS) is 12.8. The molecule has 0 aliphatic rings. The van der Waals surface area contributed by atoms with Gasteiger partial charge in [0, 0.05) is 22.4 Å². The third-order valence-corrected chi connectivity index (χ3v) is 5.50. The van der Waals surface area contributed by atoms with Crippen molar-refractivity contribution in [3.63, 3.8) is 0 Å². The number of aromatic nitrogens is 1. The summed E-state index contributed by atoms with van der Waals surface area (Å²) in [6, 6.07) is 13.1. The first kappa shape index (κ1) is 20.4. The summed E-state index contributed by atoms with van der Waals surface area (Å²) < 4.78 is 40.9. The van der Waals surface area contributed by atoms with E-state index in [9.17, 15) is 13.2 Å². The first-order chi connectivity index (χ1) is 13.4. The van der Waals surface area contributed by atoms with Gasteiger partial charge in [-0.1, -0.05) is 24.3 Å². The van der Waals surface area contributed by atoms with E-state index in [2.05, 4.69) is 10.1 Å². The van der Waals surface area contributed by atoms with Gasteiger partial charge in [-0.05, 0) is 43.0 Å². The lowest BCUT2D eigenvalue weighted by Crippen LogP contribution is -2.12. The molecule has 0 saturated heterocycles. The van der Waals surface area contributed by atoms with Crippen molar-refractivity contribution in [3.05, 3.63) is 69.8 Å². The number of hydrogen-bond donors (Lipinski definition) is 0. The molecule has 3 rings (SSSR count). The SMILES string of the molecule is CCN=c1scc(-c2cccc(C(F)(F)F)c2)n1N=Cc1ccc(SC)cc1. The zero-order valence-corrected chi connectivity index (χ0v) is 16.9. The van der Waals surface area contributed by atoms with Crippen molar-refractivity contribution >= 4 is 29.3 Å². The molecule has 0 spiro atoms. The molecule has 0 radical (unpaired) electrons. The molecule has 2 aromatic carbocycles. The molecule has 0 unspecified atom stereocenters. The molecular formula is C20H18F3N3S2. The number of benzene rings is 2. The van der Waals surface area contributed by atoms with E-state index in [4.69, 9.17) is 0 Å². The zero-order chi connectivity index (χ0) is 20.1. The molecular weight excluding hydrogens is 403 g/mol. The van der Waals surface area contributed by atoms with Gasteiger partial charge in [0.1, 0.15) is 0 Å². The topological polar surface area (TPSA) is 29.6 Å². The Hall–Kier alpha value is -2.32. The average Bonchev–Trinajstić information content (AvgIpc) is 3.09. The fraction of sp³-hybridized carbons (Fsp3) is 0.200. The van der Waals surface area contributed by atoms with Crippen molar-refractivity contribution in [1.29, 1.82) is 0 Å². The van der Waals surface area contributed by atoms with Gasteiger partial charge in [-0.15, -0.1) is 23.1 Å². The molecule has 3 aromatic rings. The van der Waals surface area contributed by atoms with E-state index in [1.54, 1.807) is 34.1 Å². The van der Waals surface area contributed by atoms with E-state index in [1.807, 2.05) is 37.4 Å². The van der Waals surface area contributed by atoms with Crippen LogP contribution in [0.25, 0.3) is 11.3 Å². The fourth-order valence-electron chi connectivity index (χ4n) is 2.52. The highest BCUT2D eigenvalue weighted by Crippen LogP contribution is 2.32. The van der Waals surface area contributed by atoms with Crippen molar-refractivity contribution in [1.82, 2.24) is 4.68 Å². The van der Waals surface area contributed by atoms with Crippen LogP contribution in [0.5, 0.6) is 0 Å². The van der Waals surface area contributed by atoms with Crippen LogP contribution in [0.15, 0.2) is 68.9 Å². The second-order valence-corrected chi connectivity index (χ2v) is 7.50. The van der Waals surface area contributed by atoms with E-state index in [0.717, 1.165) is 22.6 Å². The van der Waals surface area contributed by atoms with Crippen LogP contribution in [0.1, 0.15) is 18.1 Å². The summed E-state index contributed by atoms with van der Waals surface area (Å²) >= 11 is 3.00. The Bertz CT molecular complexity index is 1030. The lowest BCUT2D eigenvalue weighted by Gasteiger charge is -2.09. The van der Waals surface area contributed by atoms with Crippen molar-refractivity contribution in [3.8, 4) is 11.3 Å². The Morgan fingerprint density at radius 1 is 1.14 bits per heavy atom. The van der Waals surface area contributed by atoms with Crippen molar-refractivity contribution < 1.29 is 13.2 Å². The Kier molecular flexibility index (Phi) is 6.41. The molecule has 0 aliphatic heterocycles. The van der Waals surface area contributed by atoms with Crippen LogP contribution in [0, 0.1) is 0 Å². The molecule has 0 fully saturated rings. The molecule has 0 aliphatic carbocycles. The molecule has 0 atom stereocenters. The first-order valence-corrected chi connectivity index (χ1v) is 10.6. The second kappa shape index (κ2) is 8.79. The number of alkyl halides is 3. The molecule has 0 saturated carbocycles. The number of nitrogens with zero attached hydrogens (tertiary/aromatic N) is 3. The predicted molar refractivity (Wildman–Crippen MR) is 110 cm³/mol. The maximum atomic E-state index is 13.1. The van der Waals surface area contributed by atoms with E-state index < -0.39 is 11.7 Å². The van der Waals surface area contributed by atoms with Crippen LogP contribution in [-0.4, -0.2) is 23.7 Å². The summed E-state index contributed by atoms with van der Waals surface area (Å²) in [5, 5.41) is 6.27. The quantitative estimate of drug-likeness (QED) is 0.380. The predicted octanol–water partition coefficient (Wildman–Crippen LogP) is 5.76. The number of halogens is 3.